The summed E-state index contributed by atoms with van der Waals surface area (Å²) in [5, 5.41) is 3.22. The van der Waals surface area contributed by atoms with E-state index in [9.17, 15) is 0 Å². The van der Waals surface area contributed by atoms with Crippen molar-refractivity contribution in [3.8, 4) is 0 Å². The maximum absolute atomic E-state index is 5.44. The van der Waals surface area contributed by atoms with Gasteiger partial charge in [0.25, 0.3) is 0 Å². The number of methoxy groups -OCH3 is 1. The number of hydrogen-bond acceptors (Lipinski definition) is 4. The SMILES string of the molecule is CNC(C)c1ccc(N2CCCC(OC)C2)nc1. The maximum atomic E-state index is 5.44. The van der Waals surface area contributed by atoms with Gasteiger partial charge in [0.2, 0.25) is 0 Å². The molecule has 1 fully saturated rings. The van der Waals surface area contributed by atoms with Gasteiger partial charge in [0.05, 0.1) is 6.10 Å². The second-order valence-electron chi connectivity index (χ2n) is 4.91. The highest BCUT2D eigenvalue weighted by Gasteiger charge is 2.20. The number of aromatic nitrogens is 1. The molecule has 1 aliphatic rings. The van der Waals surface area contributed by atoms with Gasteiger partial charge >= 0.3 is 0 Å². The molecule has 4 heteroatoms. The summed E-state index contributed by atoms with van der Waals surface area (Å²) in [5.74, 6) is 1.06. The van der Waals surface area contributed by atoms with E-state index >= 15 is 0 Å². The minimum absolute atomic E-state index is 0.344. The zero-order valence-corrected chi connectivity index (χ0v) is 11.5. The Morgan fingerprint density at radius 3 is 2.94 bits per heavy atom. The van der Waals surface area contributed by atoms with Crippen LogP contribution in [0.15, 0.2) is 18.3 Å². The molecular formula is C14H23N3O. The van der Waals surface area contributed by atoms with Crippen molar-refractivity contribution in [3.05, 3.63) is 23.9 Å². The number of nitrogens with one attached hydrogen (secondary N) is 1. The Morgan fingerprint density at radius 1 is 1.50 bits per heavy atom. The molecule has 2 rings (SSSR count). The second kappa shape index (κ2) is 6.16. The molecule has 18 heavy (non-hydrogen) atoms. The largest absolute Gasteiger partial charge is 0.380 e. The quantitative estimate of drug-likeness (QED) is 0.885. The molecule has 1 aliphatic heterocycles. The Morgan fingerprint density at radius 2 is 2.33 bits per heavy atom. The Kier molecular flexibility index (Phi) is 4.55. The molecule has 2 heterocycles. The van der Waals surface area contributed by atoms with E-state index in [1.807, 2.05) is 13.2 Å². The number of pyridine rings is 1. The van der Waals surface area contributed by atoms with Gasteiger partial charge in [0, 0.05) is 32.4 Å². The van der Waals surface area contributed by atoms with Crippen molar-refractivity contribution in [1.29, 1.82) is 0 Å². The lowest BCUT2D eigenvalue weighted by atomic mass is 10.1. The van der Waals surface area contributed by atoms with Gasteiger partial charge < -0.3 is 15.0 Å². The van der Waals surface area contributed by atoms with E-state index in [4.69, 9.17) is 4.74 Å². The highest BCUT2D eigenvalue weighted by molar-refractivity contribution is 5.40. The first-order valence-electron chi connectivity index (χ1n) is 6.65. The highest BCUT2D eigenvalue weighted by atomic mass is 16.5. The maximum Gasteiger partial charge on any atom is 0.128 e. The lowest BCUT2D eigenvalue weighted by Gasteiger charge is -2.32. The fourth-order valence-electron chi connectivity index (χ4n) is 2.35. The zero-order valence-electron chi connectivity index (χ0n) is 11.5. The van der Waals surface area contributed by atoms with Crippen LogP contribution in [-0.2, 0) is 4.74 Å². The minimum atomic E-state index is 0.344. The van der Waals surface area contributed by atoms with Crippen LogP contribution >= 0.6 is 0 Å². The Labute approximate surface area is 109 Å². The summed E-state index contributed by atoms with van der Waals surface area (Å²) in [4.78, 5) is 6.88. The summed E-state index contributed by atoms with van der Waals surface area (Å²) >= 11 is 0. The number of ether oxygens (including phenoxy) is 1. The first-order valence-corrected chi connectivity index (χ1v) is 6.65. The molecule has 0 aromatic carbocycles. The summed E-state index contributed by atoms with van der Waals surface area (Å²) in [6, 6.07) is 4.61. The van der Waals surface area contributed by atoms with Crippen LogP contribution in [0.1, 0.15) is 31.4 Å². The molecule has 0 saturated carbocycles. The van der Waals surface area contributed by atoms with Gasteiger partial charge in [-0.15, -0.1) is 0 Å². The third-order valence-corrected chi connectivity index (χ3v) is 3.74. The molecule has 0 bridgehead atoms. The van der Waals surface area contributed by atoms with E-state index in [1.165, 1.54) is 12.0 Å². The van der Waals surface area contributed by atoms with Crippen LogP contribution < -0.4 is 10.2 Å². The van der Waals surface area contributed by atoms with Crippen molar-refractivity contribution in [2.24, 2.45) is 0 Å². The Balaban J connectivity index is 2.04. The first kappa shape index (κ1) is 13.3. The average molecular weight is 249 g/mol. The third kappa shape index (κ3) is 3.00. The van der Waals surface area contributed by atoms with Crippen molar-refractivity contribution >= 4 is 5.82 Å². The van der Waals surface area contributed by atoms with E-state index < -0.39 is 0 Å². The van der Waals surface area contributed by atoms with Crippen molar-refractivity contribution in [2.45, 2.75) is 31.9 Å². The predicted octanol–water partition coefficient (Wildman–Crippen LogP) is 1.98. The fourth-order valence-corrected chi connectivity index (χ4v) is 2.35. The summed E-state index contributed by atoms with van der Waals surface area (Å²) < 4.78 is 5.44. The molecule has 1 aromatic rings. The van der Waals surface area contributed by atoms with Crippen molar-refractivity contribution in [2.75, 3.05) is 32.1 Å². The summed E-state index contributed by atoms with van der Waals surface area (Å²) in [6.45, 7) is 4.16. The number of rotatable bonds is 4. The third-order valence-electron chi connectivity index (χ3n) is 3.74. The van der Waals surface area contributed by atoms with Gasteiger partial charge in [-0.3, -0.25) is 0 Å². The van der Waals surface area contributed by atoms with Crippen LogP contribution in [0.2, 0.25) is 0 Å². The van der Waals surface area contributed by atoms with Gasteiger partial charge in [0.1, 0.15) is 5.82 Å². The van der Waals surface area contributed by atoms with E-state index in [2.05, 4.69) is 34.3 Å². The van der Waals surface area contributed by atoms with E-state index in [1.54, 1.807) is 7.11 Å². The molecule has 0 aliphatic carbocycles. The normalized spacial score (nSPS) is 21.9. The van der Waals surface area contributed by atoms with Gasteiger partial charge in [-0.05, 0) is 38.4 Å². The molecule has 1 N–H and O–H groups in total. The molecule has 1 saturated heterocycles. The van der Waals surface area contributed by atoms with Crippen molar-refractivity contribution in [1.82, 2.24) is 10.3 Å². The van der Waals surface area contributed by atoms with Crippen LogP contribution in [0.4, 0.5) is 5.82 Å². The number of nitrogens with zero attached hydrogens (tertiary/aromatic N) is 2. The van der Waals surface area contributed by atoms with Gasteiger partial charge in [-0.25, -0.2) is 4.98 Å². The van der Waals surface area contributed by atoms with Gasteiger partial charge in [-0.1, -0.05) is 6.07 Å². The molecule has 4 nitrogen and oxygen atoms in total. The van der Waals surface area contributed by atoms with Gasteiger partial charge in [0.15, 0.2) is 0 Å². The van der Waals surface area contributed by atoms with Crippen LogP contribution in [-0.4, -0.2) is 38.3 Å². The molecule has 0 radical (unpaired) electrons. The smallest absolute Gasteiger partial charge is 0.128 e. The van der Waals surface area contributed by atoms with Crippen LogP contribution in [0, 0.1) is 0 Å². The fraction of sp³-hybridized carbons (Fsp3) is 0.643. The number of anilines is 1. The van der Waals surface area contributed by atoms with Crippen molar-refractivity contribution in [3.63, 3.8) is 0 Å². The molecule has 100 valence electrons. The molecule has 1 aromatic heterocycles. The predicted molar refractivity (Wildman–Crippen MR) is 74.0 cm³/mol. The highest BCUT2D eigenvalue weighted by Crippen LogP contribution is 2.20. The standard InChI is InChI=1S/C14H23N3O/c1-11(15-2)12-6-7-14(16-9-12)17-8-4-5-13(10-17)18-3/h6-7,9,11,13,15H,4-5,8,10H2,1-3H3. The lowest BCUT2D eigenvalue weighted by Crippen LogP contribution is -2.39. The first-order chi connectivity index (χ1) is 8.74. The minimum Gasteiger partial charge on any atom is -0.380 e. The lowest BCUT2D eigenvalue weighted by molar-refractivity contribution is 0.0891. The Hall–Kier alpha value is -1.13. The average Bonchev–Trinajstić information content (AvgIpc) is 2.46. The van der Waals surface area contributed by atoms with Crippen LogP contribution in [0.3, 0.4) is 0 Å². The number of piperidine rings is 1. The van der Waals surface area contributed by atoms with Gasteiger partial charge in [-0.2, -0.15) is 0 Å². The topological polar surface area (TPSA) is 37.4 Å². The molecule has 2 unspecified atom stereocenters. The van der Waals surface area contributed by atoms with Crippen LogP contribution in [0.25, 0.3) is 0 Å². The van der Waals surface area contributed by atoms with E-state index in [0.717, 1.165) is 25.3 Å². The molecule has 0 spiro atoms. The summed E-state index contributed by atoms with van der Waals surface area (Å²) in [5.41, 5.74) is 1.22. The molecule has 0 amide bonds. The second-order valence-corrected chi connectivity index (χ2v) is 4.91. The van der Waals surface area contributed by atoms with Crippen molar-refractivity contribution < 1.29 is 4.74 Å². The van der Waals surface area contributed by atoms with E-state index in [0.29, 0.717) is 12.1 Å². The number of hydrogen-bond donors (Lipinski definition) is 1. The monoisotopic (exact) mass is 249 g/mol. The van der Waals surface area contributed by atoms with Crippen LogP contribution in [0.5, 0.6) is 0 Å². The molecule has 2 atom stereocenters. The Bertz CT molecular complexity index is 366. The summed E-state index contributed by atoms with van der Waals surface area (Å²) in [7, 11) is 3.76. The molecular weight excluding hydrogens is 226 g/mol. The zero-order chi connectivity index (χ0) is 13.0. The summed E-state index contributed by atoms with van der Waals surface area (Å²) in [6.07, 6.45) is 4.64. The van der Waals surface area contributed by atoms with E-state index in [-0.39, 0.29) is 0 Å².